The number of benzene rings is 1. The van der Waals surface area contributed by atoms with Crippen LogP contribution in [0.2, 0.25) is 39.3 Å². The maximum Gasteiger partial charge on any atom is 0.129 e. The molecule has 126 valence electrons. The molecule has 0 spiro atoms. The minimum atomic E-state index is -1.38. The van der Waals surface area contributed by atoms with Crippen molar-refractivity contribution >= 4 is 16.1 Å². The monoisotopic (exact) mass is 350 g/mol. The van der Waals surface area contributed by atoms with Gasteiger partial charge in [-0.05, 0) is 24.8 Å². The second-order valence-corrected chi connectivity index (χ2v) is 18.4. The van der Waals surface area contributed by atoms with Gasteiger partial charge in [0.2, 0.25) is 0 Å². The fraction of sp³-hybridized carbons (Fsp3) is 0.455. The zero-order valence-corrected chi connectivity index (χ0v) is 18.2. The lowest BCUT2D eigenvalue weighted by molar-refractivity contribution is 0.966. The molecular formula is C22H30Si2. The SMILES string of the molecule is C/C(C#C[Si](C)(C)C)=C(/C#C[Si](C)(C)C)C1CC1c1ccccc1. The van der Waals surface area contributed by atoms with E-state index in [1.54, 1.807) is 0 Å². The van der Waals surface area contributed by atoms with Crippen LogP contribution in [0, 0.1) is 28.8 Å². The van der Waals surface area contributed by atoms with E-state index in [-0.39, 0.29) is 0 Å². The standard InChI is InChI=1S/C22H30Si2/c1-18(13-15-23(2,3)4)20(14-16-24(5,6)7)22-17-21(22)19-11-9-8-10-12-19/h8-12,21-22H,17H2,1-7H3/b20-18+. The van der Waals surface area contributed by atoms with Gasteiger partial charge < -0.3 is 0 Å². The molecule has 0 heterocycles. The quantitative estimate of drug-likeness (QED) is 0.462. The zero-order valence-electron chi connectivity index (χ0n) is 16.2. The van der Waals surface area contributed by atoms with E-state index < -0.39 is 16.1 Å². The normalized spacial score (nSPS) is 21.0. The van der Waals surface area contributed by atoms with Crippen LogP contribution in [-0.4, -0.2) is 16.1 Å². The summed E-state index contributed by atoms with van der Waals surface area (Å²) < 4.78 is 0. The van der Waals surface area contributed by atoms with Crippen LogP contribution in [0.25, 0.3) is 0 Å². The number of rotatable bonds is 2. The average molecular weight is 351 g/mol. The Labute approximate surface area is 150 Å². The Bertz CT molecular complexity index is 735. The fourth-order valence-electron chi connectivity index (χ4n) is 2.65. The summed E-state index contributed by atoms with van der Waals surface area (Å²) in [4.78, 5) is 0. The van der Waals surface area contributed by atoms with Gasteiger partial charge in [0.25, 0.3) is 0 Å². The Balaban J connectivity index is 2.34. The van der Waals surface area contributed by atoms with Crippen molar-refractivity contribution in [2.75, 3.05) is 0 Å². The fourth-order valence-corrected chi connectivity index (χ4v) is 3.72. The van der Waals surface area contributed by atoms with Gasteiger partial charge in [-0.1, -0.05) is 81.5 Å². The lowest BCUT2D eigenvalue weighted by Gasteiger charge is -2.08. The first-order chi connectivity index (χ1) is 11.1. The molecule has 0 radical (unpaired) electrons. The third-order valence-electron chi connectivity index (χ3n) is 3.99. The van der Waals surface area contributed by atoms with E-state index in [9.17, 15) is 0 Å². The average Bonchev–Trinajstić information content (AvgIpc) is 3.25. The van der Waals surface area contributed by atoms with Crippen LogP contribution >= 0.6 is 0 Å². The van der Waals surface area contributed by atoms with E-state index in [1.807, 2.05) is 0 Å². The lowest BCUT2D eigenvalue weighted by Crippen LogP contribution is -2.17. The minimum absolute atomic E-state index is 0.562. The predicted molar refractivity (Wildman–Crippen MR) is 112 cm³/mol. The zero-order chi connectivity index (χ0) is 18.0. The summed E-state index contributed by atoms with van der Waals surface area (Å²) in [5, 5.41) is 0. The van der Waals surface area contributed by atoms with E-state index in [2.05, 4.69) is 99.5 Å². The first-order valence-corrected chi connectivity index (χ1v) is 15.9. The van der Waals surface area contributed by atoms with Gasteiger partial charge in [-0.3, -0.25) is 0 Å². The summed E-state index contributed by atoms with van der Waals surface area (Å²) in [6, 6.07) is 10.9. The Morgan fingerprint density at radius 3 is 1.96 bits per heavy atom. The second-order valence-electron chi connectivity index (χ2n) is 8.90. The first-order valence-electron chi connectivity index (χ1n) is 8.89. The summed E-state index contributed by atoms with van der Waals surface area (Å²) in [5.41, 5.74) is 11.0. The molecule has 0 aliphatic heterocycles. The van der Waals surface area contributed by atoms with Crippen molar-refractivity contribution in [3.8, 4) is 22.9 Å². The molecule has 1 fully saturated rings. The van der Waals surface area contributed by atoms with E-state index in [0.717, 1.165) is 0 Å². The first kappa shape index (κ1) is 18.8. The highest BCUT2D eigenvalue weighted by molar-refractivity contribution is 6.84. The molecule has 1 aliphatic carbocycles. The molecule has 0 bridgehead atoms. The van der Waals surface area contributed by atoms with Gasteiger partial charge in [0.15, 0.2) is 0 Å². The number of hydrogen-bond donors (Lipinski definition) is 0. The van der Waals surface area contributed by atoms with Crippen molar-refractivity contribution < 1.29 is 0 Å². The Morgan fingerprint density at radius 1 is 0.875 bits per heavy atom. The Morgan fingerprint density at radius 2 is 1.42 bits per heavy atom. The van der Waals surface area contributed by atoms with Crippen LogP contribution in [0.1, 0.15) is 24.8 Å². The highest BCUT2D eigenvalue weighted by atomic mass is 28.3. The molecule has 1 saturated carbocycles. The van der Waals surface area contributed by atoms with Crippen LogP contribution in [0.4, 0.5) is 0 Å². The van der Waals surface area contributed by atoms with Gasteiger partial charge in [0, 0.05) is 17.1 Å². The lowest BCUT2D eigenvalue weighted by atomic mass is 10.0. The van der Waals surface area contributed by atoms with Crippen molar-refractivity contribution in [1.82, 2.24) is 0 Å². The largest absolute Gasteiger partial charge is 0.129 e. The molecule has 0 saturated heterocycles. The van der Waals surface area contributed by atoms with E-state index in [1.165, 1.54) is 23.1 Å². The maximum atomic E-state index is 3.57. The van der Waals surface area contributed by atoms with Crippen molar-refractivity contribution in [2.24, 2.45) is 5.92 Å². The third-order valence-corrected chi connectivity index (χ3v) is 5.74. The molecule has 1 aliphatic rings. The van der Waals surface area contributed by atoms with Crippen LogP contribution in [0.3, 0.4) is 0 Å². The smallest absolute Gasteiger partial charge is 0.127 e. The number of allylic oxidation sites excluding steroid dienone is 2. The second kappa shape index (κ2) is 7.18. The van der Waals surface area contributed by atoms with Gasteiger partial charge in [-0.15, -0.1) is 11.1 Å². The molecule has 1 aromatic carbocycles. The molecule has 2 atom stereocenters. The van der Waals surface area contributed by atoms with E-state index in [0.29, 0.717) is 11.8 Å². The summed E-state index contributed by atoms with van der Waals surface area (Å²) in [5.74, 6) is 8.21. The summed E-state index contributed by atoms with van der Waals surface area (Å²) >= 11 is 0. The molecule has 0 amide bonds. The number of hydrogen-bond acceptors (Lipinski definition) is 0. The highest BCUT2D eigenvalue weighted by Gasteiger charge is 2.41. The molecule has 0 nitrogen and oxygen atoms in total. The molecule has 2 unspecified atom stereocenters. The van der Waals surface area contributed by atoms with Crippen LogP contribution in [0.5, 0.6) is 0 Å². The third kappa shape index (κ3) is 5.86. The molecular weight excluding hydrogens is 320 g/mol. The molecule has 0 aromatic heterocycles. The van der Waals surface area contributed by atoms with E-state index in [4.69, 9.17) is 0 Å². The molecule has 2 rings (SSSR count). The molecule has 0 N–H and O–H groups in total. The van der Waals surface area contributed by atoms with Crippen LogP contribution in [0.15, 0.2) is 41.5 Å². The topological polar surface area (TPSA) is 0 Å². The van der Waals surface area contributed by atoms with Gasteiger partial charge in [-0.25, -0.2) is 0 Å². The van der Waals surface area contributed by atoms with Gasteiger partial charge in [-0.2, -0.15) is 0 Å². The summed E-state index contributed by atoms with van der Waals surface area (Å²) in [7, 11) is -2.74. The van der Waals surface area contributed by atoms with Crippen LogP contribution < -0.4 is 0 Å². The minimum Gasteiger partial charge on any atom is -0.127 e. The Kier molecular flexibility index (Phi) is 5.64. The van der Waals surface area contributed by atoms with Gasteiger partial charge >= 0.3 is 0 Å². The van der Waals surface area contributed by atoms with E-state index >= 15 is 0 Å². The van der Waals surface area contributed by atoms with Gasteiger partial charge in [0.05, 0.1) is 0 Å². The van der Waals surface area contributed by atoms with Crippen molar-refractivity contribution in [1.29, 1.82) is 0 Å². The molecule has 1 aromatic rings. The van der Waals surface area contributed by atoms with Gasteiger partial charge in [0.1, 0.15) is 16.1 Å². The highest BCUT2D eigenvalue weighted by Crippen LogP contribution is 2.52. The van der Waals surface area contributed by atoms with Crippen molar-refractivity contribution in [2.45, 2.75) is 58.5 Å². The summed E-state index contributed by atoms with van der Waals surface area (Å²) in [6.45, 7) is 16.0. The predicted octanol–water partition coefficient (Wildman–Crippen LogP) is 5.87. The van der Waals surface area contributed by atoms with Crippen molar-refractivity contribution in [3.05, 3.63) is 47.0 Å². The summed E-state index contributed by atoms with van der Waals surface area (Å²) in [6.07, 6.45) is 1.21. The van der Waals surface area contributed by atoms with Crippen LogP contribution in [-0.2, 0) is 0 Å². The molecule has 24 heavy (non-hydrogen) atoms. The maximum absolute atomic E-state index is 3.57. The molecule has 2 heteroatoms. The van der Waals surface area contributed by atoms with Crippen molar-refractivity contribution in [3.63, 3.8) is 0 Å². The Hall–Kier alpha value is -1.49.